The van der Waals surface area contributed by atoms with Crippen molar-refractivity contribution in [2.75, 3.05) is 0 Å². The number of carbonyl (C=O) groups excluding carboxylic acids is 1. The second-order valence-corrected chi connectivity index (χ2v) is 8.23. The quantitative estimate of drug-likeness (QED) is 0.746. The van der Waals surface area contributed by atoms with E-state index in [1.165, 1.54) is 6.42 Å². The van der Waals surface area contributed by atoms with E-state index in [2.05, 4.69) is 10.3 Å². The van der Waals surface area contributed by atoms with Gasteiger partial charge in [0.2, 0.25) is 0 Å². The molecule has 4 rings (SSSR count). The average Bonchev–Trinajstić information content (AvgIpc) is 2.98. The molecule has 1 spiro atoms. The fraction of sp³-hybridized carbons (Fsp3) is 0.857. The second-order valence-electron chi connectivity index (χ2n) is 7.00. The molecule has 116 valence electrons. The molecule has 1 saturated heterocycles. The third kappa shape index (κ3) is 1.64. The Labute approximate surface area is 125 Å². The lowest BCUT2D eigenvalue weighted by Gasteiger charge is -2.40. The minimum atomic E-state index is -4.55. The normalized spacial score (nSPS) is 48.5. The third-order valence-corrected chi connectivity index (χ3v) is 7.39. The standard InChI is InChI=1S/C14H17F3N2OS/c1-7-5-12(6-8-2-3-9(12)4-8)19-11-18-10(20)13(7,21-11)14(15,16)17/h7-9H,2-6H2,1H3,(H,18,19,20)/t7?,8-,9+,12+,13-/m1/s1. The van der Waals surface area contributed by atoms with Gasteiger partial charge in [-0.3, -0.25) is 9.79 Å². The molecule has 4 aliphatic rings. The Balaban J connectivity index is 1.79. The van der Waals surface area contributed by atoms with E-state index < -0.39 is 22.7 Å². The third-order valence-electron chi connectivity index (χ3n) is 5.86. The molecule has 3 nitrogen and oxygen atoms in total. The first-order chi connectivity index (χ1) is 9.77. The van der Waals surface area contributed by atoms with Crippen LogP contribution in [0.5, 0.6) is 0 Å². The SMILES string of the molecule is CC1C[C@@]2(C[C@@H]3CC[C@H]2C3)N=C2NC(=O)[C@]1(C(F)(F)F)S2. The lowest BCUT2D eigenvalue weighted by Crippen LogP contribution is -2.56. The zero-order chi connectivity index (χ0) is 15.0. The maximum Gasteiger partial charge on any atom is 0.412 e. The molecule has 2 aliphatic heterocycles. The summed E-state index contributed by atoms with van der Waals surface area (Å²) in [7, 11) is 0. The largest absolute Gasteiger partial charge is 0.412 e. The van der Waals surface area contributed by atoms with Crippen molar-refractivity contribution in [2.45, 2.75) is 55.5 Å². The highest BCUT2D eigenvalue weighted by molar-refractivity contribution is 8.16. The first-order valence-corrected chi connectivity index (χ1v) is 8.25. The van der Waals surface area contributed by atoms with Crippen LogP contribution in [-0.2, 0) is 4.79 Å². The summed E-state index contributed by atoms with van der Waals surface area (Å²) in [5.74, 6) is -0.708. The Kier molecular flexibility index (Phi) is 2.63. The van der Waals surface area contributed by atoms with Gasteiger partial charge in [-0.25, -0.2) is 0 Å². The monoisotopic (exact) mass is 318 g/mol. The van der Waals surface area contributed by atoms with Crippen LogP contribution in [0.15, 0.2) is 4.99 Å². The summed E-state index contributed by atoms with van der Waals surface area (Å²) < 4.78 is 38.5. The number of rotatable bonds is 0. The molecule has 5 atom stereocenters. The summed E-state index contributed by atoms with van der Waals surface area (Å²) >= 11 is 0.596. The van der Waals surface area contributed by atoms with Crippen LogP contribution < -0.4 is 5.32 Å². The van der Waals surface area contributed by atoms with Gasteiger partial charge in [0, 0.05) is 0 Å². The van der Waals surface area contributed by atoms with E-state index >= 15 is 0 Å². The van der Waals surface area contributed by atoms with Crippen molar-refractivity contribution in [3.8, 4) is 0 Å². The number of amidine groups is 1. The van der Waals surface area contributed by atoms with Crippen molar-refractivity contribution >= 4 is 22.8 Å². The molecule has 3 fully saturated rings. The van der Waals surface area contributed by atoms with Crippen molar-refractivity contribution in [3.05, 3.63) is 0 Å². The van der Waals surface area contributed by atoms with Crippen molar-refractivity contribution in [2.24, 2.45) is 22.7 Å². The van der Waals surface area contributed by atoms with Crippen LogP contribution in [0.25, 0.3) is 0 Å². The summed E-state index contributed by atoms with van der Waals surface area (Å²) in [6.07, 6.45) is 0.0253. The summed E-state index contributed by atoms with van der Waals surface area (Å²) in [6, 6.07) is 0. The fourth-order valence-corrected chi connectivity index (χ4v) is 6.20. The van der Waals surface area contributed by atoms with E-state index in [9.17, 15) is 18.0 Å². The van der Waals surface area contributed by atoms with Gasteiger partial charge >= 0.3 is 6.18 Å². The number of thioether (sulfide) groups is 1. The summed E-state index contributed by atoms with van der Waals surface area (Å²) in [5, 5.41) is 2.59. The van der Waals surface area contributed by atoms with E-state index in [1.807, 2.05) is 0 Å². The molecule has 0 aromatic heterocycles. The maximum atomic E-state index is 13.6. The molecular weight excluding hydrogens is 301 g/mol. The minimum absolute atomic E-state index is 0.189. The number of amides is 1. The molecule has 0 aromatic carbocycles. The van der Waals surface area contributed by atoms with Crippen LogP contribution in [0.2, 0.25) is 0 Å². The fourth-order valence-electron chi connectivity index (χ4n) is 4.98. The molecule has 0 aromatic rings. The van der Waals surface area contributed by atoms with Crippen LogP contribution >= 0.6 is 11.8 Å². The molecule has 0 radical (unpaired) electrons. The van der Waals surface area contributed by atoms with Crippen LogP contribution in [0.4, 0.5) is 13.2 Å². The predicted molar refractivity (Wildman–Crippen MR) is 73.9 cm³/mol. The molecule has 2 heterocycles. The highest BCUT2D eigenvalue weighted by Gasteiger charge is 2.70. The maximum absolute atomic E-state index is 13.6. The molecular formula is C14H17F3N2OS. The second kappa shape index (κ2) is 3.97. The van der Waals surface area contributed by atoms with E-state index in [1.54, 1.807) is 6.92 Å². The number of nitrogens with one attached hydrogen (secondary N) is 1. The highest BCUT2D eigenvalue weighted by atomic mass is 32.2. The molecule has 1 amide bonds. The van der Waals surface area contributed by atoms with Gasteiger partial charge < -0.3 is 5.32 Å². The van der Waals surface area contributed by atoms with Crippen molar-refractivity contribution in [1.29, 1.82) is 0 Å². The highest BCUT2D eigenvalue weighted by Crippen LogP contribution is 2.61. The van der Waals surface area contributed by atoms with Gasteiger partial charge in [-0.15, -0.1) is 0 Å². The number of halogens is 3. The van der Waals surface area contributed by atoms with Crippen molar-refractivity contribution in [1.82, 2.24) is 5.32 Å². The van der Waals surface area contributed by atoms with Crippen LogP contribution in [0.1, 0.15) is 39.0 Å². The first-order valence-electron chi connectivity index (χ1n) is 7.44. The van der Waals surface area contributed by atoms with E-state index in [0.29, 0.717) is 30.0 Å². The van der Waals surface area contributed by atoms with E-state index in [0.717, 1.165) is 19.3 Å². The van der Waals surface area contributed by atoms with Crippen molar-refractivity contribution in [3.63, 3.8) is 0 Å². The van der Waals surface area contributed by atoms with E-state index in [4.69, 9.17) is 0 Å². The van der Waals surface area contributed by atoms with Crippen molar-refractivity contribution < 1.29 is 18.0 Å². The Hall–Kier alpha value is -0.720. The summed E-state index contributed by atoms with van der Waals surface area (Å²) in [5.41, 5.74) is -0.370. The number of alkyl halides is 3. The van der Waals surface area contributed by atoms with Gasteiger partial charge in [0.1, 0.15) is 0 Å². The molecule has 4 bridgehead atoms. The Morgan fingerprint density at radius 2 is 2.10 bits per heavy atom. The molecule has 2 aliphatic carbocycles. The van der Waals surface area contributed by atoms with Gasteiger partial charge in [0.05, 0.1) is 5.54 Å². The number of aliphatic imine (C=N–C) groups is 1. The Bertz CT molecular complexity index is 549. The van der Waals surface area contributed by atoms with Gasteiger partial charge in [0.25, 0.3) is 5.91 Å². The van der Waals surface area contributed by atoms with Gasteiger partial charge in [-0.1, -0.05) is 18.7 Å². The molecule has 7 heteroatoms. The zero-order valence-corrected chi connectivity index (χ0v) is 12.5. The number of fused-ring (bicyclic) bond motifs is 5. The zero-order valence-electron chi connectivity index (χ0n) is 11.7. The molecule has 1 unspecified atom stereocenters. The van der Waals surface area contributed by atoms with Crippen LogP contribution in [0, 0.1) is 17.8 Å². The first kappa shape index (κ1) is 13.9. The lowest BCUT2D eigenvalue weighted by molar-refractivity contribution is -0.179. The van der Waals surface area contributed by atoms with Crippen LogP contribution in [-0.4, -0.2) is 27.5 Å². The average molecular weight is 318 g/mol. The van der Waals surface area contributed by atoms with E-state index in [-0.39, 0.29) is 10.7 Å². The van der Waals surface area contributed by atoms with Crippen LogP contribution in [0.3, 0.4) is 0 Å². The molecule has 1 N–H and O–H groups in total. The van der Waals surface area contributed by atoms with Gasteiger partial charge in [0.15, 0.2) is 9.91 Å². The number of carbonyl (C=O) groups is 1. The smallest absolute Gasteiger partial charge is 0.304 e. The minimum Gasteiger partial charge on any atom is -0.304 e. The Morgan fingerprint density at radius 3 is 2.67 bits per heavy atom. The molecule has 21 heavy (non-hydrogen) atoms. The lowest BCUT2D eigenvalue weighted by atomic mass is 9.72. The number of hydrogen-bond acceptors (Lipinski definition) is 3. The summed E-state index contributed by atoms with van der Waals surface area (Å²) in [4.78, 5) is 16.7. The number of hydrogen-bond donors (Lipinski definition) is 1. The van der Waals surface area contributed by atoms with Gasteiger partial charge in [-0.2, -0.15) is 13.2 Å². The Morgan fingerprint density at radius 1 is 1.33 bits per heavy atom. The van der Waals surface area contributed by atoms with Gasteiger partial charge in [-0.05, 0) is 49.9 Å². The molecule has 2 saturated carbocycles. The predicted octanol–water partition coefficient (Wildman–Crippen LogP) is 3.11. The number of nitrogens with zero attached hydrogens (tertiary/aromatic N) is 1. The summed E-state index contributed by atoms with van der Waals surface area (Å²) in [6.45, 7) is 1.57. The topological polar surface area (TPSA) is 41.5 Å².